The number of hydrogen-bond donors (Lipinski definition) is 2. The molecule has 0 amide bonds. The molecule has 2 atom stereocenters. The fraction of sp³-hybridized carbons (Fsp3) is 0.538. The van der Waals surface area contributed by atoms with E-state index in [1.165, 1.54) is 0 Å². The summed E-state index contributed by atoms with van der Waals surface area (Å²) < 4.78 is 44.5. The number of hydrogen-bond acceptors (Lipinski definition) is 3. The molecule has 6 heteroatoms. The van der Waals surface area contributed by atoms with Gasteiger partial charge in [-0.25, -0.2) is 13.2 Å². The molecule has 0 aromatic heterocycles. The lowest BCUT2D eigenvalue weighted by Crippen LogP contribution is -2.32. The number of rotatable bonds is 5. The van der Waals surface area contributed by atoms with E-state index >= 15 is 0 Å². The van der Waals surface area contributed by atoms with Crippen LogP contribution in [0.2, 0.25) is 0 Å². The first kappa shape index (κ1) is 14.3. The topological polar surface area (TPSA) is 41.5 Å². The van der Waals surface area contributed by atoms with Gasteiger partial charge in [0, 0.05) is 13.2 Å². The smallest absolute Gasteiger partial charge is 0.194 e. The van der Waals surface area contributed by atoms with Crippen molar-refractivity contribution in [3.63, 3.8) is 0 Å². The molecular formula is C13H16F3NO2. The highest BCUT2D eigenvalue weighted by atomic mass is 19.2. The van der Waals surface area contributed by atoms with Crippen molar-refractivity contribution in [1.82, 2.24) is 5.32 Å². The lowest BCUT2D eigenvalue weighted by molar-refractivity contribution is 0.104. The van der Waals surface area contributed by atoms with Gasteiger partial charge in [-0.05, 0) is 30.5 Å². The van der Waals surface area contributed by atoms with Crippen molar-refractivity contribution < 1.29 is 23.0 Å². The zero-order valence-corrected chi connectivity index (χ0v) is 10.3. The monoisotopic (exact) mass is 275 g/mol. The number of aliphatic hydroxyl groups excluding tert-OH is 1. The summed E-state index contributed by atoms with van der Waals surface area (Å²) in [4.78, 5) is 0. The fourth-order valence-corrected chi connectivity index (χ4v) is 2.14. The Morgan fingerprint density at radius 3 is 2.53 bits per heavy atom. The molecule has 2 rings (SSSR count). The van der Waals surface area contributed by atoms with Crippen molar-refractivity contribution in [3.8, 4) is 0 Å². The van der Waals surface area contributed by atoms with Crippen LogP contribution in [0.3, 0.4) is 0 Å². The molecule has 0 saturated carbocycles. The highest BCUT2D eigenvalue weighted by molar-refractivity contribution is 5.22. The zero-order valence-electron chi connectivity index (χ0n) is 10.3. The van der Waals surface area contributed by atoms with Crippen LogP contribution in [0.5, 0.6) is 0 Å². The summed E-state index contributed by atoms with van der Waals surface area (Å²) in [7, 11) is 0. The molecule has 1 aromatic carbocycles. The van der Waals surface area contributed by atoms with E-state index in [-0.39, 0.29) is 18.3 Å². The first-order valence-corrected chi connectivity index (χ1v) is 6.22. The molecule has 106 valence electrons. The summed E-state index contributed by atoms with van der Waals surface area (Å²) in [5.74, 6) is -4.01. The van der Waals surface area contributed by atoms with Crippen molar-refractivity contribution in [2.45, 2.75) is 25.0 Å². The second-order valence-electron chi connectivity index (χ2n) is 4.58. The van der Waals surface area contributed by atoms with Crippen LogP contribution in [-0.4, -0.2) is 31.0 Å². The normalized spacial score (nSPS) is 20.7. The second kappa shape index (κ2) is 6.36. The van der Waals surface area contributed by atoms with Gasteiger partial charge in [0.15, 0.2) is 17.5 Å². The Kier molecular flexibility index (Phi) is 4.79. The largest absolute Gasteiger partial charge is 0.394 e. The van der Waals surface area contributed by atoms with Crippen LogP contribution in [0.25, 0.3) is 0 Å². The van der Waals surface area contributed by atoms with E-state index in [0.29, 0.717) is 13.2 Å². The van der Waals surface area contributed by atoms with Crippen LogP contribution < -0.4 is 5.32 Å². The Labute approximate surface area is 109 Å². The van der Waals surface area contributed by atoms with Crippen molar-refractivity contribution >= 4 is 0 Å². The Morgan fingerprint density at radius 2 is 2.00 bits per heavy atom. The number of halogens is 3. The van der Waals surface area contributed by atoms with Crippen LogP contribution in [0.15, 0.2) is 12.1 Å². The molecule has 2 N–H and O–H groups in total. The van der Waals surface area contributed by atoms with Crippen LogP contribution >= 0.6 is 0 Å². The number of benzene rings is 1. The molecule has 19 heavy (non-hydrogen) atoms. The quantitative estimate of drug-likeness (QED) is 0.807. The van der Waals surface area contributed by atoms with Gasteiger partial charge in [0.2, 0.25) is 0 Å². The van der Waals surface area contributed by atoms with Crippen LogP contribution in [0.1, 0.15) is 24.4 Å². The minimum absolute atomic E-state index is 0.0455. The maximum atomic E-state index is 13.1. The Hall–Kier alpha value is -1.11. The van der Waals surface area contributed by atoms with Crippen LogP contribution in [0.4, 0.5) is 13.2 Å². The predicted molar refractivity (Wildman–Crippen MR) is 63.1 cm³/mol. The summed E-state index contributed by atoms with van der Waals surface area (Å²) in [6.07, 6.45) is 1.94. The van der Waals surface area contributed by atoms with Gasteiger partial charge in [-0.2, -0.15) is 0 Å². The van der Waals surface area contributed by atoms with Crippen molar-refractivity contribution in [3.05, 3.63) is 35.1 Å². The summed E-state index contributed by atoms with van der Waals surface area (Å²) in [5, 5.41) is 12.2. The van der Waals surface area contributed by atoms with Gasteiger partial charge in [-0.1, -0.05) is 0 Å². The highest BCUT2D eigenvalue weighted by Gasteiger charge is 2.20. The summed E-state index contributed by atoms with van der Waals surface area (Å²) in [6, 6.07) is 1.14. The van der Waals surface area contributed by atoms with Gasteiger partial charge in [0.05, 0.1) is 18.8 Å². The minimum Gasteiger partial charge on any atom is -0.394 e. The first-order valence-electron chi connectivity index (χ1n) is 6.22. The molecule has 2 unspecified atom stereocenters. The first-order chi connectivity index (χ1) is 9.11. The summed E-state index contributed by atoms with van der Waals surface area (Å²) in [6.45, 7) is 0.846. The van der Waals surface area contributed by atoms with Crippen LogP contribution in [-0.2, 0) is 4.74 Å². The average Bonchev–Trinajstić information content (AvgIpc) is 2.89. The zero-order chi connectivity index (χ0) is 13.8. The molecule has 0 radical (unpaired) electrons. The maximum Gasteiger partial charge on any atom is 0.194 e. The Bertz CT molecular complexity index is 413. The van der Waals surface area contributed by atoms with Gasteiger partial charge in [0.25, 0.3) is 0 Å². The third kappa shape index (κ3) is 3.46. The molecule has 1 aliphatic heterocycles. The minimum atomic E-state index is -1.50. The van der Waals surface area contributed by atoms with Crippen LogP contribution in [0, 0.1) is 17.5 Å². The summed E-state index contributed by atoms with van der Waals surface area (Å²) in [5.41, 5.74) is 0.178. The molecule has 1 fully saturated rings. The summed E-state index contributed by atoms with van der Waals surface area (Å²) >= 11 is 0. The standard InChI is InChI=1S/C13H16F3NO2/c14-10-4-8(5-11(15)13(10)16)12(7-18)17-6-9-2-1-3-19-9/h4-5,9,12,17-18H,1-3,6-7H2. The Balaban J connectivity index is 2.04. The van der Waals surface area contributed by atoms with Gasteiger partial charge in [-0.3, -0.25) is 0 Å². The third-order valence-electron chi connectivity index (χ3n) is 3.21. The SMILES string of the molecule is OCC(NCC1CCCO1)c1cc(F)c(F)c(F)c1. The van der Waals surface area contributed by atoms with Gasteiger partial charge in [0.1, 0.15) is 0 Å². The molecule has 1 aliphatic rings. The van der Waals surface area contributed by atoms with E-state index in [0.717, 1.165) is 25.0 Å². The highest BCUT2D eigenvalue weighted by Crippen LogP contribution is 2.20. The van der Waals surface area contributed by atoms with Gasteiger partial charge >= 0.3 is 0 Å². The molecule has 0 bridgehead atoms. The number of aliphatic hydroxyl groups is 1. The lowest BCUT2D eigenvalue weighted by Gasteiger charge is -2.19. The maximum absolute atomic E-state index is 13.1. The molecule has 0 aliphatic carbocycles. The number of nitrogens with one attached hydrogen (secondary N) is 1. The van der Waals surface area contributed by atoms with Crippen molar-refractivity contribution in [2.75, 3.05) is 19.8 Å². The third-order valence-corrected chi connectivity index (χ3v) is 3.21. The van der Waals surface area contributed by atoms with E-state index in [2.05, 4.69) is 5.32 Å². The predicted octanol–water partition coefficient (Wildman–Crippen LogP) is 1.91. The molecular weight excluding hydrogens is 259 g/mol. The molecule has 1 aromatic rings. The average molecular weight is 275 g/mol. The molecule has 0 spiro atoms. The van der Waals surface area contributed by atoms with Gasteiger partial charge in [-0.15, -0.1) is 0 Å². The van der Waals surface area contributed by atoms with E-state index in [9.17, 15) is 18.3 Å². The second-order valence-corrected chi connectivity index (χ2v) is 4.58. The van der Waals surface area contributed by atoms with E-state index in [4.69, 9.17) is 4.74 Å². The van der Waals surface area contributed by atoms with E-state index in [1.54, 1.807) is 0 Å². The number of ether oxygens (including phenoxy) is 1. The van der Waals surface area contributed by atoms with Crippen molar-refractivity contribution in [2.24, 2.45) is 0 Å². The molecule has 1 saturated heterocycles. The van der Waals surface area contributed by atoms with E-state index in [1.807, 2.05) is 0 Å². The fourth-order valence-electron chi connectivity index (χ4n) is 2.14. The lowest BCUT2D eigenvalue weighted by atomic mass is 10.1. The van der Waals surface area contributed by atoms with Crippen molar-refractivity contribution in [1.29, 1.82) is 0 Å². The van der Waals surface area contributed by atoms with Gasteiger partial charge < -0.3 is 15.2 Å². The molecule has 1 heterocycles. The Morgan fingerprint density at radius 1 is 1.32 bits per heavy atom. The van der Waals surface area contributed by atoms with E-state index < -0.39 is 23.5 Å². The molecule has 3 nitrogen and oxygen atoms in total.